The summed E-state index contributed by atoms with van der Waals surface area (Å²) in [4.78, 5) is 10.7. The highest BCUT2D eigenvalue weighted by Gasteiger charge is 2.17. The van der Waals surface area contributed by atoms with Gasteiger partial charge in [-0.2, -0.15) is 0 Å². The molecule has 2 rings (SSSR count). The molecule has 1 atom stereocenters. The Kier molecular flexibility index (Phi) is 9.80. The van der Waals surface area contributed by atoms with Gasteiger partial charge in [0.25, 0.3) is 0 Å². The number of thiophene rings is 1. The molecule has 1 aromatic heterocycles. The maximum atomic E-state index is 6.01. The first-order chi connectivity index (χ1) is 10.6. The fraction of sp³-hybridized carbons (Fsp3) is 0.688. The van der Waals surface area contributed by atoms with E-state index in [1.807, 2.05) is 6.07 Å². The maximum absolute atomic E-state index is 6.01. The van der Waals surface area contributed by atoms with Crippen molar-refractivity contribution in [3.8, 4) is 0 Å². The molecule has 1 unspecified atom stereocenters. The molecule has 23 heavy (non-hydrogen) atoms. The maximum Gasteiger partial charge on any atom is 0.193 e. The van der Waals surface area contributed by atoms with Crippen molar-refractivity contribution < 1.29 is 0 Å². The summed E-state index contributed by atoms with van der Waals surface area (Å²) in [5.74, 6) is 1.66. The number of guanidine groups is 1. The Balaban J connectivity index is 0.00000264. The van der Waals surface area contributed by atoms with E-state index in [2.05, 4.69) is 42.2 Å². The molecule has 0 amide bonds. The molecule has 1 aliphatic heterocycles. The van der Waals surface area contributed by atoms with Gasteiger partial charge in [0.05, 0.1) is 10.9 Å². The summed E-state index contributed by atoms with van der Waals surface area (Å²) in [5.41, 5.74) is 0. The first kappa shape index (κ1) is 21.0. The molecule has 1 fully saturated rings. The van der Waals surface area contributed by atoms with Crippen molar-refractivity contribution in [3.05, 3.63) is 21.3 Å². The average molecular weight is 471 g/mol. The average Bonchev–Trinajstić information content (AvgIpc) is 2.88. The minimum absolute atomic E-state index is 0. The Bertz CT molecular complexity index is 494. The van der Waals surface area contributed by atoms with Gasteiger partial charge in [-0.1, -0.05) is 11.6 Å². The van der Waals surface area contributed by atoms with Crippen molar-refractivity contribution in [2.45, 2.75) is 26.3 Å². The topological polar surface area (TPSA) is 30.9 Å². The number of hydrogen-bond acceptors (Lipinski definition) is 3. The molecule has 7 heteroatoms. The van der Waals surface area contributed by atoms with E-state index in [1.54, 1.807) is 11.3 Å². The Morgan fingerprint density at radius 1 is 1.52 bits per heavy atom. The third-order valence-electron chi connectivity index (χ3n) is 3.94. The quantitative estimate of drug-likeness (QED) is 0.404. The molecule has 1 saturated heterocycles. The monoisotopic (exact) mass is 470 g/mol. The first-order valence-corrected chi connectivity index (χ1v) is 9.20. The van der Waals surface area contributed by atoms with E-state index in [4.69, 9.17) is 16.6 Å². The van der Waals surface area contributed by atoms with Crippen LogP contribution in [0.25, 0.3) is 0 Å². The van der Waals surface area contributed by atoms with Gasteiger partial charge in [0.15, 0.2) is 5.96 Å². The van der Waals surface area contributed by atoms with Crippen LogP contribution in [0.1, 0.15) is 24.6 Å². The molecule has 1 aliphatic rings. The van der Waals surface area contributed by atoms with E-state index in [0.717, 1.165) is 36.5 Å². The summed E-state index contributed by atoms with van der Waals surface area (Å²) in [7, 11) is 4.29. The Morgan fingerprint density at radius 3 is 2.91 bits per heavy atom. The van der Waals surface area contributed by atoms with E-state index in [1.165, 1.54) is 24.3 Å². The second-order valence-electron chi connectivity index (χ2n) is 6.03. The third kappa shape index (κ3) is 7.15. The number of hydrogen-bond donors (Lipinski definition) is 1. The lowest BCUT2D eigenvalue weighted by Crippen LogP contribution is -2.39. The minimum atomic E-state index is 0. The lowest BCUT2D eigenvalue weighted by Gasteiger charge is -2.29. The summed E-state index contributed by atoms with van der Waals surface area (Å²) in [6.07, 6.45) is 2.58. The van der Waals surface area contributed by atoms with Crippen molar-refractivity contribution >= 4 is 52.9 Å². The number of nitrogens with one attached hydrogen (secondary N) is 1. The SMILES string of the molecule is CCNC(=NCC1CCCN(C)C1)N(C)Cc1ccc(Cl)s1.I. The van der Waals surface area contributed by atoms with Crippen molar-refractivity contribution in [2.75, 3.05) is 40.3 Å². The molecule has 0 saturated carbocycles. The smallest absolute Gasteiger partial charge is 0.193 e. The van der Waals surface area contributed by atoms with Crippen molar-refractivity contribution in [2.24, 2.45) is 10.9 Å². The standard InChI is InChI=1S/C16H27ClN4S.HI/c1-4-18-16(19-10-13-6-5-9-20(2)11-13)21(3)12-14-7-8-15(17)22-14;/h7-8,13H,4-6,9-12H2,1-3H3,(H,18,19);1H. The molecule has 4 nitrogen and oxygen atoms in total. The number of halogens is 2. The van der Waals surface area contributed by atoms with Gasteiger partial charge in [0.2, 0.25) is 0 Å². The fourth-order valence-corrected chi connectivity index (χ4v) is 3.99. The Morgan fingerprint density at radius 2 is 2.30 bits per heavy atom. The molecular formula is C16H28ClIN4S. The van der Waals surface area contributed by atoms with Gasteiger partial charge < -0.3 is 15.1 Å². The highest BCUT2D eigenvalue weighted by molar-refractivity contribution is 14.0. The predicted molar refractivity (Wildman–Crippen MR) is 112 cm³/mol. The second-order valence-corrected chi connectivity index (χ2v) is 7.83. The third-order valence-corrected chi connectivity index (χ3v) is 5.16. The van der Waals surface area contributed by atoms with Gasteiger partial charge in [-0.15, -0.1) is 35.3 Å². The molecule has 0 bridgehead atoms. The van der Waals surface area contributed by atoms with Crippen LogP contribution in [-0.4, -0.2) is 56.0 Å². The largest absolute Gasteiger partial charge is 0.357 e. The molecule has 0 aliphatic carbocycles. The number of piperidine rings is 1. The summed E-state index contributed by atoms with van der Waals surface area (Å²) in [6.45, 7) is 7.13. The Labute approximate surface area is 166 Å². The van der Waals surface area contributed by atoms with Crippen molar-refractivity contribution in [1.82, 2.24) is 15.1 Å². The van der Waals surface area contributed by atoms with Gasteiger partial charge in [-0.25, -0.2) is 0 Å². The molecule has 1 aromatic rings. The van der Waals surface area contributed by atoms with E-state index in [-0.39, 0.29) is 24.0 Å². The van der Waals surface area contributed by atoms with Crippen molar-refractivity contribution in [1.29, 1.82) is 0 Å². The highest BCUT2D eigenvalue weighted by Crippen LogP contribution is 2.22. The normalized spacial score (nSPS) is 19.3. The number of nitrogens with zero attached hydrogens (tertiary/aromatic N) is 3. The van der Waals surface area contributed by atoms with Crippen LogP contribution in [0.15, 0.2) is 17.1 Å². The fourth-order valence-electron chi connectivity index (χ4n) is 2.85. The molecule has 0 aromatic carbocycles. The molecule has 132 valence electrons. The highest BCUT2D eigenvalue weighted by atomic mass is 127. The van der Waals surface area contributed by atoms with Crippen LogP contribution in [0.4, 0.5) is 0 Å². The molecular weight excluding hydrogens is 443 g/mol. The van der Waals surface area contributed by atoms with E-state index in [0.29, 0.717) is 5.92 Å². The number of aliphatic imine (C=N–C) groups is 1. The zero-order chi connectivity index (χ0) is 15.9. The minimum Gasteiger partial charge on any atom is -0.357 e. The van der Waals surface area contributed by atoms with Crippen LogP contribution in [0.3, 0.4) is 0 Å². The van der Waals surface area contributed by atoms with Gasteiger partial charge >= 0.3 is 0 Å². The zero-order valence-corrected chi connectivity index (χ0v) is 18.1. The van der Waals surface area contributed by atoms with Crippen LogP contribution < -0.4 is 5.32 Å². The summed E-state index contributed by atoms with van der Waals surface area (Å²) >= 11 is 7.64. The molecule has 0 radical (unpaired) electrons. The number of likely N-dealkylation sites (tertiary alicyclic amines) is 1. The zero-order valence-electron chi connectivity index (χ0n) is 14.2. The van der Waals surface area contributed by atoms with Crippen LogP contribution >= 0.6 is 46.9 Å². The summed E-state index contributed by atoms with van der Waals surface area (Å²) in [6, 6.07) is 4.04. The van der Waals surface area contributed by atoms with Gasteiger partial charge in [0.1, 0.15) is 0 Å². The van der Waals surface area contributed by atoms with Crippen LogP contribution in [0, 0.1) is 5.92 Å². The summed E-state index contributed by atoms with van der Waals surface area (Å²) < 4.78 is 0.843. The van der Waals surface area contributed by atoms with E-state index < -0.39 is 0 Å². The van der Waals surface area contributed by atoms with Crippen LogP contribution in [-0.2, 0) is 6.54 Å². The lowest BCUT2D eigenvalue weighted by molar-refractivity contribution is 0.214. The summed E-state index contributed by atoms with van der Waals surface area (Å²) in [5, 5.41) is 3.39. The first-order valence-electron chi connectivity index (χ1n) is 8.00. The predicted octanol–water partition coefficient (Wildman–Crippen LogP) is 3.76. The lowest BCUT2D eigenvalue weighted by atomic mass is 9.99. The number of rotatable bonds is 5. The molecule has 0 spiro atoms. The van der Waals surface area contributed by atoms with Gasteiger partial charge in [0, 0.05) is 31.6 Å². The van der Waals surface area contributed by atoms with Gasteiger partial charge in [-0.3, -0.25) is 4.99 Å². The van der Waals surface area contributed by atoms with Crippen molar-refractivity contribution in [3.63, 3.8) is 0 Å². The van der Waals surface area contributed by atoms with Crippen LogP contribution in [0.2, 0.25) is 4.34 Å². The second kappa shape index (κ2) is 10.7. The van der Waals surface area contributed by atoms with E-state index >= 15 is 0 Å². The molecule has 2 heterocycles. The molecule has 1 N–H and O–H groups in total. The van der Waals surface area contributed by atoms with Crippen LogP contribution in [0.5, 0.6) is 0 Å². The Hall–Kier alpha value is -0.0500. The van der Waals surface area contributed by atoms with Gasteiger partial charge in [-0.05, 0) is 51.4 Å². The van der Waals surface area contributed by atoms with E-state index in [9.17, 15) is 0 Å².